The van der Waals surface area contributed by atoms with Gasteiger partial charge in [-0.25, -0.2) is 8.78 Å². The molecule has 0 bridgehead atoms. The molecule has 0 aliphatic carbocycles. The molecule has 1 fully saturated rings. The van der Waals surface area contributed by atoms with Crippen LogP contribution in [0.5, 0.6) is 5.75 Å². The molecule has 1 aromatic rings. The van der Waals surface area contributed by atoms with E-state index >= 15 is 0 Å². The van der Waals surface area contributed by atoms with Gasteiger partial charge < -0.3 is 10.1 Å². The van der Waals surface area contributed by atoms with E-state index in [0.717, 1.165) is 0 Å². The molecule has 2 rings (SSSR count). The van der Waals surface area contributed by atoms with Gasteiger partial charge in [0.25, 0.3) is 0 Å². The first-order chi connectivity index (χ1) is 8.99. The predicted octanol–water partition coefficient (Wildman–Crippen LogP) is -4.32. The molecule has 1 aromatic carbocycles. The lowest BCUT2D eigenvalue weighted by Crippen LogP contribution is -2.86. The van der Waals surface area contributed by atoms with Crippen molar-refractivity contribution in [3.8, 4) is 5.75 Å². The summed E-state index contributed by atoms with van der Waals surface area (Å²) in [5.74, 6) is -2.93. The molecule has 1 aliphatic heterocycles. The Kier molecular flexibility index (Phi) is 3.65. The Bertz CT molecular complexity index is 537. The quantitative estimate of drug-likeness (QED) is 0.539. The number of ether oxygens (including phenoxy) is 1. The van der Waals surface area contributed by atoms with E-state index in [0.29, 0.717) is 0 Å². The minimum atomic E-state index is -1.61. The monoisotopic (exact) mass is 255 g/mol. The summed E-state index contributed by atoms with van der Waals surface area (Å²) >= 11 is 0. The highest BCUT2D eigenvalue weighted by atomic mass is 19.1. The van der Waals surface area contributed by atoms with Crippen LogP contribution in [0.1, 0.15) is 0 Å². The van der Waals surface area contributed by atoms with Crippen LogP contribution >= 0.6 is 0 Å². The van der Waals surface area contributed by atoms with Gasteiger partial charge in [0.2, 0.25) is 0 Å². The molecule has 0 unspecified atom stereocenters. The van der Waals surface area contributed by atoms with Crippen molar-refractivity contribution in [3.05, 3.63) is 11.6 Å². The Balaban J connectivity index is 2.45. The van der Waals surface area contributed by atoms with Crippen molar-refractivity contribution in [2.75, 3.05) is 0 Å². The van der Waals surface area contributed by atoms with Gasteiger partial charge in [-0.3, -0.25) is 0 Å². The number of benzene rings is 1. The van der Waals surface area contributed by atoms with Crippen molar-refractivity contribution in [1.82, 2.24) is 5.32 Å². The van der Waals surface area contributed by atoms with Gasteiger partial charge in [0.05, 0.1) is 31.4 Å². The zero-order valence-electron chi connectivity index (χ0n) is 10.3. The zero-order valence-corrected chi connectivity index (χ0v) is 10.3. The largest absolute Gasteiger partial charge is 0.491 e. The predicted molar refractivity (Wildman–Crippen MR) is 78.6 cm³/mol. The topological polar surface area (TPSA) is 21.3 Å². The second-order valence-corrected chi connectivity index (χ2v) is 4.69. The lowest BCUT2D eigenvalue weighted by molar-refractivity contribution is 0.0630. The third-order valence-corrected chi connectivity index (χ3v) is 2.97. The number of nitrogens with one attached hydrogen (secondary N) is 1. The molecular weight excluding hydrogens is 252 g/mol. The first-order valence-electron chi connectivity index (χ1n) is 5.42. The Labute approximate surface area is 125 Å². The molecule has 11 heteroatoms. The number of rotatable bonds is 2. The molecule has 0 spiro atoms. The minimum absolute atomic E-state index is 0.513. The Hall–Kier alpha value is -0.705. The lowest BCUT2D eigenvalue weighted by atomic mass is 9.38. The summed E-state index contributed by atoms with van der Waals surface area (Å²) in [5, 5.41) is -0.828. The van der Waals surface area contributed by atoms with Gasteiger partial charge >= 0.3 is 0 Å². The first-order valence-corrected chi connectivity index (χ1v) is 5.42. The fraction of sp³-hybridized carbons (Fsp3) is 0.333. The summed E-state index contributed by atoms with van der Waals surface area (Å²) in [7, 11) is 38.4. The van der Waals surface area contributed by atoms with Crippen molar-refractivity contribution in [1.29, 1.82) is 0 Å². The molecule has 1 N–H and O–H groups in total. The van der Waals surface area contributed by atoms with E-state index in [9.17, 15) is 8.78 Å². The Morgan fingerprint density at radius 3 is 1.60 bits per heavy atom. The van der Waals surface area contributed by atoms with Gasteiger partial charge in [-0.1, -0.05) is 0 Å². The van der Waals surface area contributed by atoms with Crippen LogP contribution in [0.3, 0.4) is 0 Å². The lowest BCUT2D eigenvalue weighted by Gasteiger charge is -2.60. The zero-order chi connectivity index (χ0) is 15.5. The van der Waals surface area contributed by atoms with Crippen molar-refractivity contribution >= 4 is 71.3 Å². The van der Waals surface area contributed by atoms with Gasteiger partial charge in [0.1, 0.15) is 47.0 Å². The second-order valence-electron chi connectivity index (χ2n) is 4.69. The normalized spacial score (nSPS) is 20.3. The summed E-state index contributed by atoms with van der Waals surface area (Å²) in [6, 6.07) is 0. The molecule has 0 saturated carbocycles. The van der Waals surface area contributed by atoms with Gasteiger partial charge in [0.15, 0.2) is 0 Å². The van der Waals surface area contributed by atoms with E-state index in [2.05, 4.69) is 5.32 Å². The smallest absolute Gasteiger partial charge is 0.123 e. The summed E-state index contributed by atoms with van der Waals surface area (Å²) in [6.07, 6.45) is -1.23. The van der Waals surface area contributed by atoms with Crippen LogP contribution in [-0.4, -0.2) is 71.7 Å². The van der Waals surface area contributed by atoms with E-state index in [1.54, 1.807) is 0 Å². The minimum Gasteiger partial charge on any atom is -0.491 e. The summed E-state index contributed by atoms with van der Waals surface area (Å²) in [4.78, 5) is 0. The van der Waals surface area contributed by atoms with Crippen LogP contribution in [-0.2, 0) is 0 Å². The van der Waals surface area contributed by atoms with E-state index in [1.807, 2.05) is 0 Å². The van der Waals surface area contributed by atoms with Crippen LogP contribution in [0.2, 0.25) is 0 Å². The fourth-order valence-corrected chi connectivity index (χ4v) is 1.99. The van der Waals surface area contributed by atoms with Crippen LogP contribution in [0, 0.1) is 11.6 Å². The van der Waals surface area contributed by atoms with Crippen molar-refractivity contribution in [3.63, 3.8) is 0 Å². The van der Waals surface area contributed by atoms with Gasteiger partial charge in [-0.2, -0.15) is 0 Å². The van der Waals surface area contributed by atoms with Gasteiger partial charge in [0, 0.05) is 0 Å². The number of hydrogen-bond donors (Lipinski definition) is 1. The summed E-state index contributed by atoms with van der Waals surface area (Å²) < 4.78 is 32.5. The van der Waals surface area contributed by atoms with Gasteiger partial charge in [-0.05, 0) is 27.1 Å². The second kappa shape index (κ2) is 4.65. The summed E-state index contributed by atoms with van der Waals surface area (Å²) in [5.41, 5.74) is -2.02. The maximum Gasteiger partial charge on any atom is 0.123 e. The molecule has 20 heavy (non-hydrogen) atoms. The number of hydrogen-bond acceptors (Lipinski definition) is 2. The van der Waals surface area contributed by atoms with Crippen LogP contribution in [0.25, 0.3) is 0 Å². The third-order valence-electron chi connectivity index (χ3n) is 2.97. The van der Waals surface area contributed by atoms with Crippen molar-refractivity contribution in [2.45, 2.75) is 16.8 Å². The van der Waals surface area contributed by atoms with E-state index < -0.39 is 50.6 Å². The van der Waals surface area contributed by atoms with E-state index in [-0.39, 0.29) is 0 Å². The molecule has 0 atom stereocenters. The molecular formula is C9H2B7F2NO. The highest BCUT2D eigenvalue weighted by Crippen LogP contribution is 2.28. The number of halogens is 2. The maximum absolute atomic E-state index is 13.6. The molecule has 0 amide bonds. The van der Waals surface area contributed by atoms with Crippen LogP contribution in [0.15, 0.2) is 0 Å². The van der Waals surface area contributed by atoms with E-state index in [4.69, 9.17) is 59.7 Å². The highest BCUT2D eigenvalue weighted by Gasteiger charge is 2.52. The molecule has 84 valence electrons. The highest BCUT2D eigenvalue weighted by molar-refractivity contribution is 6.50. The van der Waals surface area contributed by atoms with Crippen LogP contribution in [0.4, 0.5) is 8.78 Å². The Morgan fingerprint density at radius 2 is 1.25 bits per heavy atom. The van der Waals surface area contributed by atoms with E-state index in [1.165, 1.54) is 0 Å². The molecule has 14 radical (unpaired) electrons. The molecule has 2 nitrogen and oxygen atoms in total. The van der Waals surface area contributed by atoms with Crippen LogP contribution < -0.4 is 26.4 Å². The maximum atomic E-state index is 13.6. The first kappa shape index (κ1) is 15.7. The summed E-state index contributed by atoms with van der Waals surface area (Å²) in [6.45, 7) is 0. The molecule has 1 heterocycles. The molecule has 1 aliphatic rings. The molecule has 1 saturated heterocycles. The average Bonchev–Trinajstić information content (AvgIpc) is 2.32. The fourth-order valence-electron chi connectivity index (χ4n) is 1.99. The molecule has 0 aromatic heterocycles. The van der Waals surface area contributed by atoms with Crippen molar-refractivity contribution in [2.24, 2.45) is 0 Å². The average molecular weight is 254 g/mol. The standard InChI is InChI=1S/C9H2B7F2NO/c10-1-4(17)2(11)6(3(12)5(1)18)20-7-8(13,14)19-9(7,15)16/h7,19H. The van der Waals surface area contributed by atoms with Gasteiger partial charge in [-0.15, -0.1) is 0 Å². The Morgan fingerprint density at radius 1 is 0.850 bits per heavy atom. The third kappa shape index (κ3) is 2.24. The van der Waals surface area contributed by atoms with Crippen molar-refractivity contribution < 1.29 is 13.5 Å². The SMILES string of the molecule is [B]c1c(F)c([B])c(OC2C([B])([B])NC2([B])[B])c([B])c1F.